The van der Waals surface area contributed by atoms with Gasteiger partial charge in [0.05, 0.1) is 12.2 Å². The Balaban J connectivity index is 1.88. The number of aromatic carboxylic acids is 1. The molecule has 0 saturated heterocycles. The molecule has 0 aliphatic heterocycles. The van der Waals surface area contributed by atoms with Gasteiger partial charge in [0.1, 0.15) is 5.75 Å². The van der Waals surface area contributed by atoms with Gasteiger partial charge in [-0.05, 0) is 54.8 Å². The number of nitrogens with one attached hydrogen (secondary N) is 2. The maximum absolute atomic E-state index is 12.0. The number of carboxylic acid groups (broad SMARTS) is 1. The van der Waals surface area contributed by atoms with Crippen molar-refractivity contribution in [3.63, 3.8) is 0 Å². The fourth-order valence-electron chi connectivity index (χ4n) is 2.20. The van der Waals surface area contributed by atoms with Crippen LogP contribution in [0.1, 0.15) is 34.8 Å². The first-order valence-corrected chi connectivity index (χ1v) is 8.10. The first-order chi connectivity index (χ1) is 12.0. The molecule has 0 radical (unpaired) electrons. The van der Waals surface area contributed by atoms with Gasteiger partial charge in [-0.25, -0.2) is 9.59 Å². The second kappa shape index (κ2) is 8.73. The molecule has 0 heterocycles. The molecule has 0 atom stereocenters. The van der Waals surface area contributed by atoms with E-state index in [0.29, 0.717) is 18.8 Å². The topological polar surface area (TPSA) is 87.7 Å². The fourth-order valence-corrected chi connectivity index (χ4v) is 2.20. The number of benzene rings is 2. The zero-order chi connectivity index (χ0) is 18.2. The van der Waals surface area contributed by atoms with E-state index in [1.165, 1.54) is 12.1 Å². The van der Waals surface area contributed by atoms with Gasteiger partial charge in [-0.2, -0.15) is 0 Å². The summed E-state index contributed by atoms with van der Waals surface area (Å²) in [4.78, 5) is 22.8. The van der Waals surface area contributed by atoms with Crippen LogP contribution in [0.25, 0.3) is 0 Å². The molecular weight excluding hydrogens is 320 g/mol. The highest BCUT2D eigenvalue weighted by molar-refractivity contribution is 5.90. The van der Waals surface area contributed by atoms with Crippen LogP contribution in [-0.4, -0.2) is 23.7 Å². The summed E-state index contributed by atoms with van der Waals surface area (Å²) in [7, 11) is 0. The van der Waals surface area contributed by atoms with Crippen LogP contribution in [-0.2, 0) is 6.54 Å². The van der Waals surface area contributed by atoms with Gasteiger partial charge in [-0.1, -0.05) is 19.1 Å². The predicted octanol–water partition coefficient (Wildman–Crippen LogP) is 3.80. The molecule has 0 saturated carbocycles. The van der Waals surface area contributed by atoms with Crippen molar-refractivity contribution in [2.24, 2.45) is 0 Å². The summed E-state index contributed by atoms with van der Waals surface area (Å²) in [5.41, 5.74) is 2.66. The molecule has 0 unspecified atom stereocenters. The van der Waals surface area contributed by atoms with Gasteiger partial charge in [0.25, 0.3) is 0 Å². The molecular formula is C19H22N2O4. The van der Waals surface area contributed by atoms with Gasteiger partial charge in [0.2, 0.25) is 0 Å². The summed E-state index contributed by atoms with van der Waals surface area (Å²) in [6.45, 7) is 4.91. The number of ether oxygens (including phenoxy) is 1. The molecule has 3 N–H and O–H groups in total. The Labute approximate surface area is 146 Å². The highest BCUT2D eigenvalue weighted by Crippen LogP contribution is 2.21. The Morgan fingerprint density at radius 1 is 1.12 bits per heavy atom. The number of rotatable bonds is 7. The van der Waals surface area contributed by atoms with Crippen LogP contribution >= 0.6 is 0 Å². The first-order valence-electron chi connectivity index (χ1n) is 8.10. The number of urea groups is 1. The van der Waals surface area contributed by atoms with Crippen molar-refractivity contribution in [1.82, 2.24) is 5.32 Å². The van der Waals surface area contributed by atoms with Gasteiger partial charge >= 0.3 is 12.0 Å². The third-order valence-corrected chi connectivity index (χ3v) is 3.57. The molecule has 0 bridgehead atoms. The van der Waals surface area contributed by atoms with E-state index in [9.17, 15) is 9.59 Å². The Morgan fingerprint density at radius 2 is 1.84 bits per heavy atom. The number of carbonyl (C=O) groups is 2. The maximum atomic E-state index is 12.0. The lowest BCUT2D eigenvalue weighted by Gasteiger charge is -2.12. The number of carbonyl (C=O) groups excluding carboxylic acids is 1. The molecule has 0 spiro atoms. The highest BCUT2D eigenvalue weighted by Gasteiger charge is 2.06. The van der Waals surface area contributed by atoms with Crippen LogP contribution in [0.15, 0.2) is 42.5 Å². The first kappa shape index (κ1) is 18.3. The van der Waals surface area contributed by atoms with Crippen molar-refractivity contribution in [3.05, 3.63) is 59.2 Å². The van der Waals surface area contributed by atoms with Crippen LogP contribution in [0.3, 0.4) is 0 Å². The summed E-state index contributed by atoms with van der Waals surface area (Å²) < 4.78 is 5.56. The molecule has 2 aromatic rings. The number of hydrogen-bond acceptors (Lipinski definition) is 3. The van der Waals surface area contributed by atoms with Crippen molar-refractivity contribution in [2.75, 3.05) is 11.9 Å². The minimum atomic E-state index is -0.973. The largest absolute Gasteiger partial charge is 0.494 e. The molecule has 0 aromatic heterocycles. The van der Waals surface area contributed by atoms with E-state index in [0.717, 1.165) is 23.3 Å². The van der Waals surface area contributed by atoms with Crippen molar-refractivity contribution < 1.29 is 19.4 Å². The number of anilines is 1. The monoisotopic (exact) mass is 342 g/mol. The van der Waals surface area contributed by atoms with E-state index in [2.05, 4.69) is 10.6 Å². The lowest BCUT2D eigenvalue weighted by Crippen LogP contribution is -2.28. The third-order valence-electron chi connectivity index (χ3n) is 3.57. The van der Waals surface area contributed by atoms with Crippen molar-refractivity contribution >= 4 is 17.7 Å². The number of amides is 2. The van der Waals surface area contributed by atoms with E-state index in [1.54, 1.807) is 12.1 Å². The summed E-state index contributed by atoms with van der Waals surface area (Å²) in [6, 6.07) is 11.6. The average molecular weight is 342 g/mol. The Morgan fingerprint density at radius 3 is 2.44 bits per heavy atom. The number of aryl methyl sites for hydroxylation is 1. The van der Waals surface area contributed by atoms with Crippen LogP contribution < -0.4 is 15.4 Å². The van der Waals surface area contributed by atoms with E-state index in [1.807, 2.05) is 32.0 Å². The third kappa shape index (κ3) is 5.53. The molecule has 2 aromatic carbocycles. The molecule has 0 aliphatic carbocycles. The summed E-state index contributed by atoms with van der Waals surface area (Å²) in [6.07, 6.45) is 0.939. The fraction of sp³-hybridized carbons (Fsp3) is 0.263. The van der Waals surface area contributed by atoms with Crippen molar-refractivity contribution in [1.29, 1.82) is 0 Å². The molecule has 25 heavy (non-hydrogen) atoms. The number of carboxylic acids is 1. The van der Waals surface area contributed by atoms with E-state index < -0.39 is 5.97 Å². The Kier molecular flexibility index (Phi) is 6.39. The summed E-state index contributed by atoms with van der Waals surface area (Å²) in [5, 5.41) is 14.4. The molecule has 6 nitrogen and oxygen atoms in total. The Bertz CT molecular complexity index is 742. The molecule has 0 aliphatic rings. The van der Waals surface area contributed by atoms with Crippen LogP contribution in [0, 0.1) is 6.92 Å². The normalized spacial score (nSPS) is 10.2. The van der Waals surface area contributed by atoms with Crippen molar-refractivity contribution in [2.45, 2.75) is 26.8 Å². The smallest absolute Gasteiger partial charge is 0.335 e. The van der Waals surface area contributed by atoms with E-state index in [-0.39, 0.29) is 11.6 Å². The van der Waals surface area contributed by atoms with Crippen LogP contribution in [0.5, 0.6) is 5.75 Å². The molecule has 0 fully saturated rings. The predicted molar refractivity (Wildman–Crippen MR) is 96.2 cm³/mol. The quantitative estimate of drug-likeness (QED) is 0.714. The standard InChI is InChI=1S/C19H22N2O4/c1-3-10-25-16-8-9-17(13(2)11-16)21-19(24)20-12-14-4-6-15(7-5-14)18(22)23/h4-9,11H,3,10,12H2,1-2H3,(H,22,23)(H2,20,21,24). The summed E-state index contributed by atoms with van der Waals surface area (Å²) >= 11 is 0. The second-order valence-electron chi connectivity index (χ2n) is 5.63. The lowest BCUT2D eigenvalue weighted by molar-refractivity contribution is 0.0697. The second-order valence-corrected chi connectivity index (χ2v) is 5.63. The van der Waals surface area contributed by atoms with E-state index >= 15 is 0 Å². The van der Waals surface area contributed by atoms with Crippen molar-refractivity contribution in [3.8, 4) is 5.75 Å². The molecule has 2 rings (SSSR count). The number of hydrogen-bond donors (Lipinski definition) is 3. The molecule has 2 amide bonds. The Hall–Kier alpha value is -3.02. The lowest BCUT2D eigenvalue weighted by atomic mass is 10.1. The van der Waals surface area contributed by atoms with Crippen LogP contribution in [0.2, 0.25) is 0 Å². The van der Waals surface area contributed by atoms with Gasteiger partial charge in [0, 0.05) is 12.2 Å². The zero-order valence-corrected chi connectivity index (χ0v) is 14.3. The molecule has 6 heteroatoms. The van der Waals surface area contributed by atoms with E-state index in [4.69, 9.17) is 9.84 Å². The summed E-state index contributed by atoms with van der Waals surface area (Å²) in [5.74, 6) is -0.192. The minimum Gasteiger partial charge on any atom is -0.494 e. The van der Waals surface area contributed by atoms with Crippen LogP contribution in [0.4, 0.5) is 10.5 Å². The van der Waals surface area contributed by atoms with Gasteiger partial charge in [-0.15, -0.1) is 0 Å². The minimum absolute atomic E-state index is 0.217. The molecule has 132 valence electrons. The van der Waals surface area contributed by atoms with Gasteiger partial charge in [-0.3, -0.25) is 0 Å². The average Bonchev–Trinajstić information content (AvgIpc) is 2.60. The highest BCUT2D eigenvalue weighted by atomic mass is 16.5. The van der Waals surface area contributed by atoms with Gasteiger partial charge < -0.3 is 20.5 Å². The SMILES string of the molecule is CCCOc1ccc(NC(=O)NCc2ccc(C(=O)O)cc2)c(C)c1. The van der Waals surface area contributed by atoms with Gasteiger partial charge in [0.15, 0.2) is 0 Å². The maximum Gasteiger partial charge on any atom is 0.335 e. The zero-order valence-electron chi connectivity index (χ0n) is 14.3.